The second kappa shape index (κ2) is 7.64. The van der Waals surface area contributed by atoms with Crippen LogP contribution in [0.4, 0.5) is 14.9 Å². The number of para-hydroxylation sites is 1. The highest BCUT2D eigenvalue weighted by Crippen LogP contribution is 2.15. The molecule has 0 radical (unpaired) electrons. The molecule has 0 saturated heterocycles. The minimum Gasteiger partial charge on any atom is -0.336 e. The van der Waals surface area contributed by atoms with E-state index in [-0.39, 0.29) is 30.6 Å². The molecule has 3 rings (SSSR count). The number of benzene rings is 2. The van der Waals surface area contributed by atoms with E-state index in [1.54, 1.807) is 31.3 Å². The Hall–Kier alpha value is -3.42. The maximum Gasteiger partial charge on any atom is 0.345 e. The molecule has 0 spiro atoms. The zero-order chi connectivity index (χ0) is 18.5. The summed E-state index contributed by atoms with van der Waals surface area (Å²) < 4.78 is 15.7. The second-order valence-corrected chi connectivity index (χ2v) is 5.64. The molecule has 8 heteroatoms. The highest BCUT2D eigenvalue weighted by atomic mass is 19.1. The van der Waals surface area contributed by atoms with Gasteiger partial charge in [-0.25, -0.2) is 18.7 Å². The number of anilines is 1. The molecule has 0 unspecified atom stereocenters. The van der Waals surface area contributed by atoms with Crippen LogP contribution in [0.25, 0.3) is 11.4 Å². The molecule has 0 atom stereocenters. The van der Waals surface area contributed by atoms with E-state index < -0.39 is 0 Å². The Labute approximate surface area is 149 Å². The molecule has 7 nitrogen and oxygen atoms in total. The van der Waals surface area contributed by atoms with Crippen LogP contribution >= 0.6 is 0 Å². The van der Waals surface area contributed by atoms with Gasteiger partial charge in [0, 0.05) is 24.8 Å². The Morgan fingerprint density at radius 3 is 2.50 bits per heavy atom. The molecule has 2 aromatic carbocycles. The van der Waals surface area contributed by atoms with E-state index in [4.69, 9.17) is 0 Å². The highest BCUT2D eigenvalue weighted by molar-refractivity contribution is 5.89. The van der Waals surface area contributed by atoms with Crippen molar-refractivity contribution in [3.63, 3.8) is 0 Å². The summed E-state index contributed by atoms with van der Waals surface area (Å²) in [6, 6.07) is 14.4. The van der Waals surface area contributed by atoms with Gasteiger partial charge >= 0.3 is 11.7 Å². The third kappa shape index (κ3) is 3.97. The molecule has 0 fully saturated rings. The molecule has 26 heavy (non-hydrogen) atoms. The summed E-state index contributed by atoms with van der Waals surface area (Å²) in [6.45, 7) is 0.453. The lowest BCUT2D eigenvalue weighted by atomic mass is 10.2. The number of nitrogens with zero attached hydrogens (tertiary/aromatic N) is 3. The quantitative estimate of drug-likeness (QED) is 0.736. The predicted octanol–water partition coefficient (Wildman–Crippen LogP) is 2.21. The van der Waals surface area contributed by atoms with Gasteiger partial charge < -0.3 is 10.6 Å². The second-order valence-electron chi connectivity index (χ2n) is 5.64. The number of hydrogen-bond donors (Lipinski definition) is 2. The van der Waals surface area contributed by atoms with Crippen molar-refractivity contribution < 1.29 is 9.18 Å². The Bertz CT molecular complexity index is 948. The molecule has 0 saturated carbocycles. The van der Waals surface area contributed by atoms with E-state index in [1.807, 2.05) is 18.2 Å². The van der Waals surface area contributed by atoms with Crippen molar-refractivity contribution in [2.24, 2.45) is 7.05 Å². The molecular formula is C18H18FN5O2. The van der Waals surface area contributed by atoms with E-state index in [0.29, 0.717) is 17.1 Å². The van der Waals surface area contributed by atoms with E-state index in [1.165, 1.54) is 21.4 Å². The van der Waals surface area contributed by atoms with Crippen molar-refractivity contribution in [3.8, 4) is 11.4 Å². The van der Waals surface area contributed by atoms with Crippen LogP contribution in [0.5, 0.6) is 0 Å². The lowest BCUT2D eigenvalue weighted by Gasteiger charge is -2.07. The van der Waals surface area contributed by atoms with Gasteiger partial charge in [-0.2, -0.15) is 0 Å². The molecular weight excluding hydrogens is 337 g/mol. The van der Waals surface area contributed by atoms with Gasteiger partial charge in [-0.15, -0.1) is 5.10 Å². The summed E-state index contributed by atoms with van der Waals surface area (Å²) in [6.07, 6.45) is 0. The zero-order valence-corrected chi connectivity index (χ0v) is 14.1. The summed E-state index contributed by atoms with van der Waals surface area (Å²) in [5.74, 6) is 0.0792. The van der Waals surface area contributed by atoms with Crippen molar-refractivity contribution in [3.05, 3.63) is 70.9 Å². The first-order chi connectivity index (χ1) is 12.5. The first-order valence-corrected chi connectivity index (χ1v) is 8.04. The smallest absolute Gasteiger partial charge is 0.336 e. The van der Waals surface area contributed by atoms with Gasteiger partial charge in [-0.1, -0.05) is 18.2 Å². The van der Waals surface area contributed by atoms with Gasteiger partial charge in [0.1, 0.15) is 5.82 Å². The van der Waals surface area contributed by atoms with Gasteiger partial charge in [0.05, 0.1) is 6.54 Å². The number of halogens is 1. The maximum absolute atomic E-state index is 13.0. The van der Waals surface area contributed by atoms with E-state index in [2.05, 4.69) is 15.7 Å². The Balaban J connectivity index is 1.62. The summed E-state index contributed by atoms with van der Waals surface area (Å²) in [7, 11) is 1.60. The minimum absolute atomic E-state index is 0.218. The molecule has 134 valence electrons. The molecule has 1 heterocycles. The number of nitrogens with one attached hydrogen (secondary N) is 2. The molecule has 0 aliphatic rings. The largest absolute Gasteiger partial charge is 0.345 e. The van der Waals surface area contributed by atoms with Crippen molar-refractivity contribution >= 4 is 11.7 Å². The van der Waals surface area contributed by atoms with Crippen LogP contribution in [-0.2, 0) is 13.6 Å². The standard InChI is InChI=1S/C18H18FN5O2/c1-23-16(13-7-9-14(19)10-8-13)22-24(18(23)26)12-11-20-17(25)21-15-5-3-2-4-6-15/h2-10H,11-12H2,1H3,(H2,20,21,25). The summed E-state index contributed by atoms with van der Waals surface area (Å²) in [4.78, 5) is 24.1. The van der Waals surface area contributed by atoms with Crippen LogP contribution in [0.15, 0.2) is 59.4 Å². The first-order valence-electron chi connectivity index (χ1n) is 8.04. The molecule has 3 aromatic rings. The molecule has 0 aliphatic heterocycles. The van der Waals surface area contributed by atoms with Crippen molar-refractivity contribution in [1.82, 2.24) is 19.7 Å². The van der Waals surface area contributed by atoms with E-state index in [9.17, 15) is 14.0 Å². The Kier molecular flexibility index (Phi) is 5.12. The third-order valence-corrected chi connectivity index (χ3v) is 3.78. The summed E-state index contributed by atoms with van der Waals surface area (Å²) in [5.41, 5.74) is 1.01. The van der Waals surface area contributed by atoms with Crippen molar-refractivity contribution in [1.29, 1.82) is 0 Å². The van der Waals surface area contributed by atoms with Crippen LogP contribution in [0.2, 0.25) is 0 Å². The van der Waals surface area contributed by atoms with Gasteiger partial charge in [0.2, 0.25) is 0 Å². The van der Waals surface area contributed by atoms with E-state index >= 15 is 0 Å². The van der Waals surface area contributed by atoms with Crippen LogP contribution in [0, 0.1) is 5.82 Å². The molecule has 2 amide bonds. The monoisotopic (exact) mass is 355 g/mol. The molecule has 1 aromatic heterocycles. The fourth-order valence-corrected chi connectivity index (χ4v) is 2.46. The zero-order valence-electron chi connectivity index (χ0n) is 14.1. The number of carbonyl (C=O) groups is 1. The SMILES string of the molecule is Cn1c(-c2ccc(F)cc2)nn(CCNC(=O)Nc2ccccc2)c1=O. The van der Waals surface area contributed by atoms with Crippen molar-refractivity contribution in [2.75, 3.05) is 11.9 Å². The lowest BCUT2D eigenvalue weighted by molar-refractivity contribution is 0.251. The van der Waals surface area contributed by atoms with Gasteiger partial charge in [0.25, 0.3) is 0 Å². The third-order valence-electron chi connectivity index (χ3n) is 3.78. The molecule has 0 aliphatic carbocycles. The van der Waals surface area contributed by atoms with Crippen LogP contribution in [0.3, 0.4) is 0 Å². The van der Waals surface area contributed by atoms with E-state index in [0.717, 1.165) is 0 Å². The highest BCUT2D eigenvalue weighted by Gasteiger charge is 2.12. The Morgan fingerprint density at radius 1 is 1.12 bits per heavy atom. The number of amides is 2. The number of rotatable bonds is 5. The minimum atomic E-state index is -0.362. The normalized spacial score (nSPS) is 10.5. The lowest BCUT2D eigenvalue weighted by Crippen LogP contribution is -2.34. The van der Waals surface area contributed by atoms with Gasteiger partial charge in [-0.05, 0) is 36.4 Å². The fourth-order valence-electron chi connectivity index (χ4n) is 2.46. The van der Waals surface area contributed by atoms with Gasteiger partial charge in [-0.3, -0.25) is 4.57 Å². The van der Waals surface area contributed by atoms with Crippen LogP contribution in [0.1, 0.15) is 0 Å². The maximum atomic E-state index is 13.0. The average Bonchev–Trinajstić information content (AvgIpc) is 2.92. The van der Waals surface area contributed by atoms with Crippen molar-refractivity contribution in [2.45, 2.75) is 6.54 Å². The molecule has 0 bridgehead atoms. The number of aromatic nitrogens is 3. The predicted molar refractivity (Wildman–Crippen MR) is 96.3 cm³/mol. The summed E-state index contributed by atoms with van der Waals surface area (Å²) >= 11 is 0. The fraction of sp³-hybridized carbons (Fsp3) is 0.167. The number of carbonyl (C=O) groups excluding carboxylic acids is 1. The topological polar surface area (TPSA) is 81.0 Å². The number of hydrogen-bond acceptors (Lipinski definition) is 3. The number of urea groups is 1. The Morgan fingerprint density at radius 2 is 1.81 bits per heavy atom. The summed E-state index contributed by atoms with van der Waals surface area (Å²) in [5, 5.41) is 9.63. The average molecular weight is 355 g/mol. The van der Waals surface area contributed by atoms with Gasteiger partial charge in [0.15, 0.2) is 5.82 Å². The van der Waals surface area contributed by atoms with Crippen LogP contribution < -0.4 is 16.3 Å². The van der Waals surface area contributed by atoms with Crippen LogP contribution in [-0.4, -0.2) is 26.9 Å². The molecule has 2 N–H and O–H groups in total. The first kappa shape index (κ1) is 17.4.